The molecule has 0 amide bonds. The van der Waals surface area contributed by atoms with Crippen LogP contribution in [0.2, 0.25) is 5.02 Å². The third-order valence-electron chi connectivity index (χ3n) is 2.45. The van der Waals surface area contributed by atoms with E-state index in [1.54, 1.807) is 18.2 Å². The van der Waals surface area contributed by atoms with Crippen molar-refractivity contribution in [2.24, 2.45) is 0 Å². The fourth-order valence-electron chi connectivity index (χ4n) is 1.56. The van der Waals surface area contributed by atoms with Gasteiger partial charge in [0.1, 0.15) is 6.10 Å². The van der Waals surface area contributed by atoms with Gasteiger partial charge in [0.15, 0.2) is 0 Å². The van der Waals surface area contributed by atoms with E-state index in [1.165, 1.54) is 0 Å². The standard InChI is InChI=1S/C13H12ClNO/c14-11-7-6-10(8-12(11)15)13(16)9-4-2-1-3-5-9/h1-8,13,16H,15H2/t13-/m1/s1. The van der Waals surface area contributed by atoms with Gasteiger partial charge in [-0.15, -0.1) is 0 Å². The van der Waals surface area contributed by atoms with E-state index in [0.717, 1.165) is 11.1 Å². The highest BCUT2D eigenvalue weighted by molar-refractivity contribution is 6.33. The Morgan fingerprint density at radius 2 is 1.69 bits per heavy atom. The first-order chi connectivity index (χ1) is 7.68. The van der Waals surface area contributed by atoms with Crippen molar-refractivity contribution in [2.45, 2.75) is 6.10 Å². The minimum atomic E-state index is -0.666. The number of rotatable bonds is 2. The van der Waals surface area contributed by atoms with Crippen molar-refractivity contribution in [1.82, 2.24) is 0 Å². The van der Waals surface area contributed by atoms with E-state index in [0.29, 0.717) is 10.7 Å². The van der Waals surface area contributed by atoms with Crippen molar-refractivity contribution >= 4 is 17.3 Å². The summed E-state index contributed by atoms with van der Waals surface area (Å²) in [6.07, 6.45) is -0.666. The van der Waals surface area contributed by atoms with Gasteiger partial charge in [0.2, 0.25) is 0 Å². The zero-order valence-electron chi connectivity index (χ0n) is 8.60. The number of nitrogen functional groups attached to an aromatic ring is 1. The molecule has 0 saturated heterocycles. The van der Waals surface area contributed by atoms with Crippen LogP contribution < -0.4 is 5.73 Å². The molecule has 0 fully saturated rings. The van der Waals surface area contributed by atoms with Gasteiger partial charge < -0.3 is 10.8 Å². The predicted octanol–water partition coefficient (Wildman–Crippen LogP) is 3.00. The monoisotopic (exact) mass is 233 g/mol. The molecular weight excluding hydrogens is 222 g/mol. The summed E-state index contributed by atoms with van der Waals surface area (Å²) in [7, 11) is 0. The second-order valence-electron chi connectivity index (χ2n) is 3.59. The fraction of sp³-hybridized carbons (Fsp3) is 0.0769. The van der Waals surface area contributed by atoms with Gasteiger partial charge in [-0.1, -0.05) is 48.0 Å². The lowest BCUT2D eigenvalue weighted by Crippen LogP contribution is -2.00. The van der Waals surface area contributed by atoms with Gasteiger partial charge >= 0.3 is 0 Å². The Balaban J connectivity index is 2.34. The van der Waals surface area contributed by atoms with Crippen molar-refractivity contribution in [3.8, 4) is 0 Å². The second-order valence-corrected chi connectivity index (χ2v) is 4.00. The van der Waals surface area contributed by atoms with Crippen LogP contribution in [0.1, 0.15) is 17.2 Å². The normalized spacial score (nSPS) is 12.4. The van der Waals surface area contributed by atoms with Crippen LogP contribution in [0.3, 0.4) is 0 Å². The summed E-state index contributed by atoms with van der Waals surface area (Å²) >= 11 is 5.82. The molecule has 0 aliphatic heterocycles. The van der Waals surface area contributed by atoms with Crippen LogP contribution in [0.5, 0.6) is 0 Å². The molecule has 82 valence electrons. The average Bonchev–Trinajstić information content (AvgIpc) is 2.33. The Kier molecular flexibility index (Phi) is 3.13. The number of halogens is 1. The minimum absolute atomic E-state index is 0.481. The molecule has 0 aliphatic carbocycles. The maximum absolute atomic E-state index is 10.1. The van der Waals surface area contributed by atoms with Gasteiger partial charge in [-0.3, -0.25) is 0 Å². The first-order valence-corrected chi connectivity index (χ1v) is 5.34. The van der Waals surface area contributed by atoms with Crippen molar-refractivity contribution in [3.05, 3.63) is 64.7 Å². The summed E-state index contributed by atoms with van der Waals surface area (Å²) in [6, 6.07) is 14.6. The van der Waals surface area contributed by atoms with E-state index >= 15 is 0 Å². The number of aliphatic hydroxyl groups excluding tert-OH is 1. The molecule has 16 heavy (non-hydrogen) atoms. The van der Waals surface area contributed by atoms with E-state index in [1.807, 2.05) is 30.3 Å². The highest BCUT2D eigenvalue weighted by Gasteiger charge is 2.10. The van der Waals surface area contributed by atoms with Gasteiger partial charge in [0.25, 0.3) is 0 Å². The Morgan fingerprint density at radius 3 is 2.31 bits per heavy atom. The molecule has 0 aliphatic rings. The molecule has 0 spiro atoms. The largest absolute Gasteiger partial charge is 0.398 e. The Hall–Kier alpha value is -1.51. The van der Waals surface area contributed by atoms with E-state index in [-0.39, 0.29) is 0 Å². The fourth-order valence-corrected chi connectivity index (χ4v) is 1.68. The van der Waals surface area contributed by atoms with Gasteiger partial charge in [-0.05, 0) is 23.3 Å². The first kappa shape index (κ1) is 11.0. The number of aliphatic hydroxyl groups is 1. The number of hydrogen-bond donors (Lipinski definition) is 2. The van der Waals surface area contributed by atoms with Crippen LogP contribution >= 0.6 is 11.6 Å². The lowest BCUT2D eigenvalue weighted by molar-refractivity contribution is 0.220. The molecule has 1 atom stereocenters. The Bertz CT molecular complexity index is 485. The number of anilines is 1. The van der Waals surface area contributed by atoms with Crippen LogP contribution in [-0.2, 0) is 0 Å². The third kappa shape index (κ3) is 2.18. The topological polar surface area (TPSA) is 46.2 Å². The highest BCUT2D eigenvalue weighted by Crippen LogP contribution is 2.26. The first-order valence-electron chi connectivity index (χ1n) is 4.96. The van der Waals surface area contributed by atoms with Crippen molar-refractivity contribution < 1.29 is 5.11 Å². The quantitative estimate of drug-likeness (QED) is 0.784. The van der Waals surface area contributed by atoms with Crippen LogP contribution in [0.15, 0.2) is 48.5 Å². The summed E-state index contributed by atoms with van der Waals surface area (Å²) in [6.45, 7) is 0. The van der Waals surface area contributed by atoms with E-state index in [4.69, 9.17) is 17.3 Å². The molecular formula is C13H12ClNO. The molecule has 2 aromatic carbocycles. The molecule has 0 unspecified atom stereocenters. The molecule has 0 saturated carbocycles. The van der Waals surface area contributed by atoms with Crippen LogP contribution in [-0.4, -0.2) is 5.11 Å². The summed E-state index contributed by atoms with van der Waals surface area (Å²) in [5.74, 6) is 0. The number of hydrogen-bond acceptors (Lipinski definition) is 2. The summed E-state index contributed by atoms with van der Waals surface area (Å²) in [5, 5.41) is 10.6. The molecule has 3 N–H and O–H groups in total. The molecule has 0 radical (unpaired) electrons. The maximum Gasteiger partial charge on any atom is 0.104 e. The van der Waals surface area contributed by atoms with Crippen LogP contribution in [0.4, 0.5) is 5.69 Å². The van der Waals surface area contributed by atoms with Gasteiger partial charge in [-0.25, -0.2) is 0 Å². The lowest BCUT2D eigenvalue weighted by Gasteiger charge is -2.12. The van der Waals surface area contributed by atoms with Crippen LogP contribution in [0.25, 0.3) is 0 Å². The molecule has 0 bridgehead atoms. The van der Waals surface area contributed by atoms with Crippen LogP contribution in [0, 0.1) is 0 Å². The Labute approximate surface area is 99.3 Å². The zero-order valence-corrected chi connectivity index (χ0v) is 9.35. The molecule has 3 heteroatoms. The highest BCUT2D eigenvalue weighted by atomic mass is 35.5. The molecule has 0 aromatic heterocycles. The van der Waals surface area contributed by atoms with E-state index in [2.05, 4.69) is 0 Å². The molecule has 2 nitrogen and oxygen atoms in total. The summed E-state index contributed by atoms with van der Waals surface area (Å²) in [4.78, 5) is 0. The Morgan fingerprint density at radius 1 is 1.00 bits per heavy atom. The number of benzene rings is 2. The van der Waals surface area contributed by atoms with Crippen molar-refractivity contribution in [1.29, 1.82) is 0 Å². The smallest absolute Gasteiger partial charge is 0.104 e. The molecule has 2 rings (SSSR count). The molecule has 0 heterocycles. The third-order valence-corrected chi connectivity index (χ3v) is 2.80. The SMILES string of the molecule is Nc1cc([C@H](O)c2ccccc2)ccc1Cl. The minimum Gasteiger partial charge on any atom is -0.398 e. The number of nitrogens with two attached hydrogens (primary N) is 1. The summed E-state index contributed by atoms with van der Waals surface area (Å²) in [5.41, 5.74) is 7.76. The predicted molar refractivity (Wildman–Crippen MR) is 66.4 cm³/mol. The van der Waals surface area contributed by atoms with Crippen molar-refractivity contribution in [3.63, 3.8) is 0 Å². The molecule has 2 aromatic rings. The maximum atomic E-state index is 10.1. The second kappa shape index (κ2) is 4.56. The summed E-state index contributed by atoms with van der Waals surface area (Å²) < 4.78 is 0. The van der Waals surface area contributed by atoms with Gasteiger partial charge in [0, 0.05) is 0 Å². The van der Waals surface area contributed by atoms with E-state index < -0.39 is 6.10 Å². The van der Waals surface area contributed by atoms with Gasteiger partial charge in [0.05, 0.1) is 10.7 Å². The van der Waals surface area contributed by atoms with Crippen molar-refractivity contribution in [2.75, 3.05) is 5.73 Å². The average molecular weight is 234 g/mol. The lowest BCUT2D eigenvalue weighted by atomic mass is 10.0. The van der Waals surface area contributed by atoms with E-state index in [9.17, 15) is 5.11 Å². The van der Waals surface area contributed by atoms with Gasteiger partial charge in [-0.2, -0.15) is 0 Å². The zero-order chi connectivity index (χ0) is 11.5.